The molecule has 0 spiro atoms. The van der Waals surface area contributed by atoms with Crippen molar-refractivity contribution in [2.45, 2.75) is 6.92 Å². The van der Waals surface area contributed by atoms with Crippen molar-refractivity contribution in [1.29, 1.82) is 0 Å². The molecule has 0 saturated carbocycles. The average Bonchev–Trinajstić information content (AvgIpc) is 2.60. The number of phosphoric ester groups is 1. The second kappa shape index (κ2) is 7.32. The number of hydrogen-bond donors (Lipinski definition) is 1. The fourth-order valence-corrected chi connectivity index (χ4v) is 3.48. The summed E-state index contributed by atoms with van der Waals surface area (Å²) in [5.41, 5.74) is 0.605. The van der Waals surface area contributed by atoms with E-state index in [9.17, 15) is 9.67 Å². The summed E-state index contributed by atoms with van der Waals surface area (Å²) in [5.74, 6) is 0.566. The van der Waals surface area contributed by atoms with Gasteiger partial charge in [0.2, 0.25) is 0 Å². The zero-order valence-electron chi connectivity index (χ0n) is 13.5. The summed E-state index contributed by atoms with van der Waals surface area (Å²) in [6, 6.07) is 22.0. The van der Waals surface area contributed by atoms with Gasteiger partial charge >= 0.3 is 7.82 Å². The maximum atomic E-state index is 13.2. The Morgan fingerprint density at radius 2 is 1.24 bits per heavy atom. The van der Waals surface area contributed by atoms with Gasteiger partial charge in [-0.25, -0.2) is 0 Å². The largest absolute Gasteiger partial charge is 0.647 e. The number of benzene rings is 3. The third-order valence-electron chi connectivity index (χ3n) is 3.32. The molecule has 0 fully saturated rings. The molecular formula is C19H17O5P. The van der Waals surface area contributed by atoms with E-state index in [4.69, 9.17) is 13.6 Å². The first-order valence-corrected chi connectivity index (χ1v) is 9.09. The highest BCUT2D eigenvalue weighted by Gasteiger charge is 2.34. The van der Waals surface area contributed by atoms with Crippen LogP contribution in [0.4, 0.5) is 0 Å². The third-order valence-corrected chi connectivity index (χ3v) is 4.59. The zero-order valence-corrected chi connectivity index (χ0v) is 14.4. The van der Waals surface area contributed by atoms with Crippen LogP contribution in [0, 0.1) is 6.92 Å². The van der Waals surface area contributed by atoms with Crippen LogP contribution in [0.1, 0.15) is 5.56 Å². The van der Waals surface area contributed by atoms with Crippen molar-refractivity contribution in [3.63, 3.8) is 0 Å². The smallest absolute Gasteiger partial charge is 0.504 e. The van der Waals surface area contributed by atoms with Crippen LogP contribution in [-0.4, -0.2) is 5.11 Å². The Balaban J connectivity index is 1.95. The van der Waals surface area contributed by atoms with E-state index in [1.165, 1.54) is 6.07 Å². The Bertz CT molecular complexity index is 815. The van der Waals surface area contributed by atoms with Crippen molar-refractivity contribution in [3.05, 3.63) is 84.4 Å². The number of rotatable bonds is 6. The lowest BCUT2D eigenvalue weighted by atomic mass is 10.2. The number of phenolic OH excluding ortho intramolecular Hbond substituents is 1. The van der Waals surface area contributed by atoms with E-state index in [-0.39, 0.29) is 11.5 Å². The Hall–Kier alpha value is -2.91. The number of phosphoric acid groups is 1. The van der Waals surface area contributed by atoms with E-state index >= 15 is 0 Å². The summed E-state index contributed by atoms with van der Waals surface area (Å²) < 4.78 is 29.8. The molecule has 0 atom stereocenters. The van der Waals surface area contributed by atoms with Crippen LogP contribution in [0.25, 0.3) is 0 Å². The maximum Gasteiger partial charge on any atom is 0.647 e. The summed E-state index contributed by atoms with van der Waals surface area (Å²) in [6.07, 6.45) is 0. The standard InChI is InChI=1S/C19H17O5P/c1-15-9-8-14-18(20)19(15)24-25(21,22-16-10-4-2-5-11-16)23-17-12-6-3-7-13-17/h2-14,20H,1H3. The molecule has 0 bridgehead atoms. The van der Waals surface area contributed by atoms with Crippen LogP contribution >= 0.6 is 7.82 Å². The first kappa shape index (κ1) is 16.9. The molecule has 3 aromatic rings. The minimum Gasteiger partial charge on any atom is -0.504 e. The van der Waals surface area contributed by atoms with Gasteiger partial charge in [-0.05, 0) is 42.8 Å². The molecule has 5 nitrogen and oxygen atoms in total. The maximum absolute atomic E-state index is 13.2. The van der Waals surface area contributed by atoms with Crippen LogP contribution in [0.5, 0.6) is 23.0 Å². The molecule has 3 aromatic carbocycles. The molecule has 0 unspecified atom stereocenters. The summed E-state index contributed by atoms with van der Waals surface area (Å²) in [5, 5.41) is 10.0. The average molecular weight is 356 g/mol. The molecule has 0 aliphatic carbocycles. The highest BCUT2D eigenvalue weighted by molar-refractivity contribution is 7.49. The number of para-hydroxylation sites is 3. The van der Waals surface area contributed by atoms with Crippen LogP contribution < -0.4 is 13.6 Å². The van der Waals surface area contributed by atoms with Crippen LogP contribution in [0.3, 0.4) is 0 Å². The third kappa shape index (κ3) is 4.34. The predicted molar refractivity (Wildman–Crippen MR) is 95.2 cm³/mol. The lowest BCUT2D eigenvalue weighted by molar-refractivity contribution is 0.291. The van der Waals surface area contributed by atoms with Crippen LogP contribution in [-0.2, 0) is 4.57 Å². The fourth-order valence-electron chi connectivity index (χ4n) is 2.14. The van der Waals surface area contributed by atoms with Crippen LogP contribution in [0.15, 0.2) is 78.9 Å². The van der Waals surface area contributed by atoms with E-state index < -0.39 is 7.82 Å². The summed E-state index contributed by atoms with van der Waals surface area (Å²) in [4.78, 5) is 0. The van der Waals surface area contributed by atoms with Gasteiger partial charge < -0.3 is 18.7 Å². The molecule has 0 saturated heterocycles. The van der Waals surface area contributed by atoms with E-state index in [1.807, 2.05) is 12.1 Å². The van der Waals surface area contributed by atoms with E-state index in [0.717, 1.165) is 0 Å². The molecule has 1 N–H and O–H groups in total. The van der Waals surface area contributed by atoms with Gasteiger partial charge in [0.05, 0.1) is 0 Å². The second-order valence-corrected chi connectivity index (χ2v) is 6.71. The van der Waals surface area contributed by atoms with Gasteiger partial charge in [-0.15, -0.1) is 0 Å². The van der Waals surface area contributed by atoms with Gasteiger partial charge in [0, 0.05) is 0 Å². The van der Waals surface area contributed by atoms with E-state index in [0.29, 0.717) is 17.1 Å². The molecular weight excluding hydrogens is 339 g/mol. The predicted octanol–water partition coefficient (Wildman–Crippen LogP) is 5.35. The van der Waals surface area contributed by atoms with Gasteiger partial charge in [-0.3, -0.25) is 0 Å². The lowest BCUT2D eigenvalue weighted by Gasteiger charge is -2.20. The van der Waals surface area contributed by atoms with Gasteiger partial charge in [0.1, 0.15) is 11.5 Å². The molecule has 0 amide bonds. The first-order chi connectivity index (χ1) is 12.1. The molecule has 0 radical (unpaired) electrons. The molecule has 0 heterocycles. The molecule has 0 aliphatic rings. The number of phenols is 1. The molecule has 0 aromatic heterocycles. The van der Waals surface area contributed by atoms with Gasteiger partial charge in [0.15, 0.2) is 11.5 Å². The minimum absolute atomic E-state index is 0.0534. The van der Waals surface area contributed by atoms with Crippen molar-refractivity contribution in [2.24, 2.45) is 0 Å². The van der Waals surface area contributed by atoms with Crippen molar-refractivity contribution in [1.82, 2.24) is 0 Å². The lowest BCUT2D eigenvalue weighted by Crippen LogP contribution is -2.08. The number of aromatic hydroxyl groups is 1. The first-order valence-electron chi connectivity index (χ1n) is 7.63. The Morgan fingerprint density at radius 3 is 1.72 bits per heavy atom. The highest BCUT2D eigenvalue weighted by atomic mass is 31.2. The van der Waals surface area contributed by atoms with Crippen molar-refractivity contribution in [3.8, 4) is 23.0 Å². The Morgan fingerprint density at radius 1 is 0.720 bits per heavy atom. The number of hydrogen-bond acceptors (Lipinski definition) is 5. The highest BCUT2D eigenvalue weighted by Crippen LogP contribution is 2.52. The Labute approximate surface area is 146 Å². The number of aryl methyl sites for hydroxylation is 1. The van der Waals surface area contributed by atoms with E-state index in [1.54, 1.807) is 67.6 Å². The monoisotopic (exact) mass is 356 g/mol. The van der Waals surface area contributed by atoms with Gasteiger partial charge in [0.25, 0.3) is 0 Å². The molecule has 3 rings (SSSR count). The van der Waals surface area contributed by atoms with Crippen LogP contribution in [0.2, 0.25) is 0 Å². The SMILES string of the molecule is Cc1cccc(O)c1OP(=O)(Oc1ccccc1)Oc1ccccc1. The second-order valence-electron chi connectivity index (χ2n) is 5.27. The van der Waals surface area contributed by atoms with Crippen molar-refractivity contribution < 1.29 is 23.2 Å². The fraction of sp³-hybridized carbons (Fsp3) is 0.0526. The van der Waals surface area contributed by atoms with E-state index in [2.05, 4.69) is 0 Å². The molecule has 25 heavy (non-hydrogen) atoms. The van der Waals surface area contributed by atoms with Crippen molar-refractivity contribution >= 4 is 7.82 Å². The Kier molecular flexibility index (Phi) is 4.96. The zero-order chi connectivity index (χ0) is 17.7. The molecule has 128 valence electrons. The quantitative estimate of drug-likeness (QED) is 0.604. The van der Waals surface area contributed by atoms with Gasteiger partial charge in [-0.1, -0.05) is 48.5 Å². The summed E-state index contributed by atoms with van der Waals surface area (Å²) in [6.45, 7) is 1.73. The summed E-state index contributed by atoms with van der Waals surface area (Å²) in [7, 11) is -4.10. The van der Waals surface area contributed by atoms with Gasteiger partial charge in [-0.2, -0.15) is 4.57 Å². The summed E-state index contributed by atoms with van der Waals surface area (Å²) >= 11 is 0. The van der Waals surface area contributed by atoms with Crippen molar-refractivity contribution in [2.75, 3.05) is 0 Å². The molecule has 0 aliphatic heterocycles. The topological polar surface area (TPSA) is 65.0 Å². The molecule has 6 heteroatoms. The normalized spacial score (nSPS) is 10.9. The minimum atomic E-state index is -4.10.